The highest BCUT2D eigenvalue weighted by molar-refractivity contribution is 9.10. The van der Waals surface area contributed by atoms with E-state index in [-0.39, 0.29) is 24.7 Å². The van der Waals surface area contributed by atoms with Gasteiger partial charge in [0.25, 0.3) is 5.91 Å². The number of ether oxygens (including phenoxy) is 3. The van der Waals surface area contributed by atoms with Crippen LogP contribution >= 0.6 is 28.1 Å². The van der Waals surface area contributed by atoms with Gasteiger partial charge in [-0.1, -0.05) is 34.1 Å². The van der Waals surface area contributed by atoms with Crippen molar-refractivity contribution in [3.05, 3.63) is 63.3 Å². The first kappa shape index (κ1) is 27.0. The van der Waals surface area contributed by atoms with Gasteiger partial charge in [0.1, 0.15) is 5.75 Å². The second kappa shape index (κ2) is 12.4. The van der Waals surface area contributed by atoms with E-state index in [1.165, 1.54) is 13.3 Å². The number of allylic oxidation sites excluding steroid dienone is 1. The number of para-hydroxylation sites is 1. The first-order valence-corrected chi connectivity index (χ1v) is 12.0. The van der Waals surface area contributed by atoms with Gasteiger partial charge in [0.15, 0.2) is 23.2 Å². The van der Waals surface area contributed by atoms with E-state index >= 15 is 0 Å². The van der Waals surface area contributed by atoms with E-state index in [1.54, 1.807) is 50.2 Å². The Morgan fingerprint density at radius 3 is 2.75 bits per heavy atom. The number of benzene rings is 2. The Morgan fingerprint density at radius 2 is 2.03 bits per heavy atom. The van der Waals surface area contributed by atoms with E-state index < -0.39 is 17.9 Å². The Balaban J connectivity index is 1.72. The van der Waals surface area contributed by atoms with Crippen molar-refractivity contribution >= 4 is 51.4 Å². The zero-order valence-corrected chi connectivity index (χ0v) is 22.2. The molecular formula is C24H25BrN4O6S. The molecule has 36 heavy (non-hydrogen) atoms. The average molecular weight is 577 g/mol. The third kappa shape index (κ3) is 6.52. The monoisotopic (exact) mass is 576 g/mol. The van der Waals surface area contributed by atoms with Crippen LogP contribution in [0.15, 0.2) is 57.2 Å². The SMILES string of the molecule is CCOC(=O)C1=C(C)NC(=S)N[C@H]1c1ccccc1OCC(=O)NN=Cc1cc(Br)cc(OC)c1O. The molecule has 0 aromatic heterocycles. The fraction of sp³-hybridized carbons (Fsp3) is 0.250. The summed E-state index contributed by atoms with van der Waals surface area (Å²) in [6, 6.07) is 9.58. The second-order valence-corrected chi connectivity index (χ2v) is 8.78. The zero-order chi connectivity index (χ0) is 26.2. The Bertz CT molecular complexity index is 1230. The number of phenols is 1. The number of amides is 1. The van der Waals surface area contributed by atoms with E-state index in [9.17, 15) is 14.7 Å². The molecule has 4 N–H and O–H groups in total. The molecule has 0 saturated carbocycles. The highest BCUT2D eigenvalue weighted by Crippen LogP contribution is 2.34. The number of aromatic hydroxyl groups is 1. The van der Waals surface area contributed by atoms with E-state index in [1.807, 2.05) is 0 Å². The number of hydrogen-bond acceptors (Lipinski definition) is 8. The van der Waals surface area contributed by atoms with Gasteiger partial charge >= 0.3 is 5.97 Å². The van der Waals surface area contributed by atoms with Crippen LogP contribution in [0.3, 0.4) is 0 Å². The molecule has 0 fully saturated rings. The Morgan fingerprint density at radius 1 is 1.28 bits per heavy atom. The fourth-order valence-corrected chi connectivity index (χ4v) is 4.18. The first-order chi connectivity index (χ1) is 17.2. The number of carbonyl (C=O) groups excluding carboxylic acids is 2. The molecule has 2 aromatic rings. The minimum atomic E-state index is -0.635. The van der Waals surface area contributed by atoms with Crippen LogP contribution in [-0.2, 0) is 14.3 Å². The number of carbonyl (C=O) groups is 2. The minimum absolute atomic E-state index is 0.114. The van der Waals surface area contributed by atoms with Crippen molar-refractivity contribution in [2.45, 2.75) is 19.9 Å². The molecule has 1 aliphatic rings. The van der Waals surface area contributed by atoms with E-state index in [4.69, 9.17) is 26.4 Å². The standard InChI is InChI=1S/C24H25BrN4O6S/c1-4-34-23(32)20-13(2)27-24(36)28-21(20)16-7-5-6-8-17(16)35-12-19(30)29-26-11-14-9-15(25)10-18(33-3)22(14)31/h5-11,21,31H,4,12H2,1-3H3,(H,29,30)(H2,27,28,36)/t21-/m0/s1. The summed E-state index contributed by atoms with van der Waals surface area (Å²) < 4.78 is 16.7. The van der Waals surface area contributed by atoms with E-state index in [2.05, 4.69) is 37.1 Å². The predicted octanol–water partition coefficient (Wildman–Crippen LogP) is 3.05. The van der Waals surface area contributed by atoms with Crippen LogP contribution in [0.2, 0.25) is 0 Å². The number of hydrazone groups is 1. The summed E-state index contributed by atoms with van der Waals surface area (Å²) in [5.41, 5.74) is 4.22. The molecule has 1 aliphatic heterocycles. The van der Waals surface area contributed by atoms with Crippen LogP contribution in [-0.4, -0.2) is 48.6 Å². The number of thiocarbonyl (C=S) groups is 1. The minimum Gasteiger partial charge on any atom is -0.504 e. The number of methoxy groups -OCH3 is 1. The molecule has 0 spiro atoms. The maximum Gasteiger partial charge on any atom is 0.338 e. The van der Waals surface area contributed by atoms with Crippen LogP contribution in [0, 0.1) is 0 Å². The Kier molecular flexibility index (Phi) is 9.25. The summed E-state index contributed by atoms with van der Waals surface area (Å²) in [7, 11) is 1.43. The van der Waals surface area contributed by atoms with Gasteiger partial charge in [-0.3, -0.25) is 4.79 Å². The van der Waals surface area contributed by atoms with Crippen molar-refractivity contribution in [1.29, 1.82) is 0 Å². The number of halogens is 1. The van der Waals surface area contributed by atoms with E-state index in [0.717, 1.165) is 0 Å². The van der Waals surface area contributed by atoms with Crippen LogP contribution in [0.5, 0.6) is 17.2 Å². The topological polar surface area (TPSA) is 131 Å². The van der Waals surface area contributed by atoms with Crippen LogP contribution in [0.25, 0.3) is 0 Å². The van der Waals surface area contributed by atoms with E-state index in [0.29, 0.717) is 37.7 Å². The lowest BCUT2D eigenvalue weighted by Gasteiger charge is -2.30. The van der Waals surface area contributed by atoms with Crippen LogP contribution in [0.1, 0.15) is 31.0 Å². The first-order valence-electron chi connectivity index (χ1n) is 10.8. The van der Waals surface area contributed by atoms with Crippen molar-refractivity contribution < 1.29 is 28.9 Å². The van der Waals surface area contributed by atoms with Gasteiger partial charge in [-0.2, -0.15) is 5.10 Å². The molecule has 10 nitrogen and oxygen atoms in total. The smallest absolute Gasteiger partial charge is 0.338 e. The summed E-state index contributed by atoms with van der Waals surface area (Å²) in [6.45, 7) is 3.33. The third-order valence-corrected chi connectivity index (χ3v) is 5.71. The van der Waals surface area contributed by atoms with Crippen molar-refractivity contribution in [3.63, 3.8) is 0 Å². The average Bonchev–Trinajstić information content (AvgIpc) is 2.84. The molecule has 0 saturated heterocycles. The summed E-state index contributed by atoms with van der Waals surface area (Å²) in [5, 5.41) is 20.4. The van der Waals surface area contributed by atoms with Crippen molar-refractivity contribution in [3.8, 4) is 17.2 Å². The Hall–Kier alpha value is -3.64. The third-order valence-electron chi connectivity index (χ3n) is 5.04. The highest BCUT2D eigenvalue weighted by atomic mass is 79.9. The molecule has 0 unspecified atom stereocenters. The zero-order valence-electron chi connectivity index (χ0n) is 19.8. The molecule has 2 aromatic carbocycles. The molecule has 1 heterocycles. The number of hydrogen-bond donors (Lipinski definition) is 4. The van der Waals surface area contributed by atoms with Gasteiger partial charge in [-0.15, -0.1) is 0 Å². The van der Waals surface area contributed by atoms with Gasteiger partial charge in [0, 0.05) is 21.3 Å². The number of esters is 1. The predicted molar refractivity (Wildman–Crippen MR) is 141 cm³/mol. The Labute approximate surface area is 221 Å². The molecule has 190 valence electrons. The largest absolute Gasteiger partial charge is 0.504 e. The number of nitrogens with one attached hydrogen (secondary N) is 3. The molecule has 3 rings (SSSR count). The molecule has 0 bridgehead atoms. The van der Waals surface area contributed by atoms with Gasteiger partial charge in [-0.05, 0) is 44.3 Å². The van der Waals surface area contributed by atoms with Crippen molar-refractivity contribution in [1.82, 2.24) is 16.1 Å². The summed E-state index contributed by atoms with van der Waals surface area (Å²) in [6.07, 6.45) is 1.29. The quantitative estimate of drug-likeness (QED) is 0.154. The highest BCUT2D eigenvalue weighted by Gasteiger charge is 2.32. The molecule has 12 heteroatoms. The van der Waals surface area contributed by atoms with Gasteiger partial charge in [0.2, 0.25) is 0 Å². The summed E-state index contributed by atoms with van der Waals surface area (Å²) in [5.74, 6) is -0.500. The molecule has 0 aliphatic carbocycles. The number of nitrogens with zero attached hydrogens (tertiary/aromatic N) is 1. The van der Waals surface area contributed by atoms with Gasteiger partial charge < -0.3 is 30.0 Å². The summed E-state index contributed by atoms with van der Waals surface area (Å²) in [4.78, 5) is 25.0. The maximum absolute atomic E-state index is 12.6. The molecule has 1 amide bonds. The lowest BCUT2D eigenvalue weighted by molar-refractivity contribution is -0.139. The normalized spacial score (nSPS) is 15.2. The van der Waals surface area contributed by atoms with Gasteiger partial charge in [0.05, 0.1) is 31.5 Å². The van der Waals surface area contributed by atoms with Crippen LogP contribution < -0.4 is 25.5 Å². The fourth-order valence-electron chi connectivity index (χ4n) is 3.45. The summed E-state index contributed by atoms with van der Waals surface area (Å²) >= 11 is 8.60. The van der Waals surface area contributed by atoms with Crippen molar-refractivity contribution in [2.24, 2.45) is 5.10 Å². The lowest BCUT2D eigenvalue weighted by atomic mass is 9.95. The number of phenolic OH excluding ortho intramolecular Hbond substituents is 1. The molecular weight excluding hydrogens is 552 g/mol. The molecule has 1 atom stereocenters. The lowest BCUT2D eigenvalue weighted by Crippen LogP contribution is -2.45. The maximum atomic E-state index is 12.6. The molecule has 0 radical (unpaired) electrons. The second-order valence-electron chi connectivity index (χ2n) is 7.46. The van der Waals surface area contributed by atoms with Crippen LogP contribution in [0.4, 0.5) is 0 Å². The number of rotatable bonds is 9. The van der Waals surface area contributed by atoms with Crippen molar-refractivity contribution in [2.75, 3.05) is 20.3 Å². The van der Waals surface area contributed by atoms with Gasteiger partial charge in [-0.25, -0.2) is 10.2 Å².